The molecule has 0 aliphatic rings. The highest BCUT2D eigenvalue weighted by molar-refractivity contribution is 7.78. The Labute approximate surface area is 112 Å². The lowest BCUT2D eigenvalue weighted by Crippen LogP contribution is -2.20. The lowest BCUT2D eigenvalue weighted by Gasteiger charge is -2.12. The van der Waals surface area contributed by atoms with E-state index in [0.717, 1.165) is 0 Å². The maximum atomic E-state index is 12.2. The predicted octanol–water partition coefficient (Wildman–Crippen LogP) is 4.04. The van der Waals surface area contributed by atoms with Crippen LogP contribution in [-0.2, 0) is 0 Å². The number of hydrogen-bond acceptors (Lipinski definition) is 3. The minimum Gasteiger partial charge on any atom is -0.292 e. The van der Waals surface area contributed by atoms with E-state index in [1.165, 1.54) is 0 Å². The van der Waals surface area contributed by atoms with Crippen molar-refractivity contribution in [3.8, 4) is 0 Å². The normalized spacial score (nSPS) is 12.0. The number of isothiocyanates is 1. The second kappa shape index (κ2) is 6.65. The standard InChI is InChI=1S/C13H14ClNOS/c1-9(2)6-12(15-8-17)13(16)10-4-3-5-11(14)7-10/h3-5,7,9,12H,6H2,1-2H3. The van der Waals surface area contributed by atoms with E-state index < -0.39 is 6.04 Å². The fraction of sp³-hybridized carbons (Fsp3) is 0.385. The first-order chi connectivity index (χ1) is 8.04. The highest BCUT2D eigenvalue weighted by Gasteiger charge is 2.20. The first kappa shape index (κ1) is 14.0. The van der Waals surface area contributed by atoms with Crippen LogP contribution in [0.15, 0.2) is 29.3 Å². The van der Waals surface area contributed by atoms with Gasteiger partial charge in [-0.25, -0.2) is 4.99 Å². The maximum Gasteiger partial charge on any atom is 0.188 e. The number of carbonyl (C=O) groups excluding carboxylic acids is 1. The van der Waals surface area contributed by atoms with E-state index in [0.29, 0.717) is 22.9 Å². The molecule has 1 aromatic rings. The Morgan fingerprint density at radius 1 is 1.53 bits per heavy atom. The van der Waals surface area contributed by atoms with Crippen LogP contribution in [0, 0.1) is 5.92 Å². The third-order valence-electron chi connectivity index (χ3n) is 2.31. The van der Waals surface area contributed by atoms with Crippen molar-refractivity contribution >= 4 is 34.8 Å². The molecule has 0 aliphatic carbocycles. The van der Waals surface area contributed by atoms with Crippen molar-refractivity contribution in [2.45, 2.75) is 26.3 Å². The molecule has 0 bridgehead atoms. The van der Waals surface area contributed by atoms with E-state index in [2.05, 4.69) is 22.4 Å². The van der Waals surface area contributed by atoms with Gasteiger partial charge in [0.05, 0.1) is 5.16 Å². The van der Waals surface area contributed by atoms with Crippen LogP contribution < -0.4 is 0 Å². The summed E-state index contributed by atoms with van der Waals surface area (Å²) in [5.74, 6) is 0.314. The Morgan fingerprint density at radius 3 is 2.76 bits per heavy atom. The molecule has 0 saturated carbocycles. The van der Waals surface area contributed by atoms with Crippen LogP contribution in [0.2, 0.25) is 5.02 Å². The molecule has 1 atom stereocenters. The zero-order valence-corrected chi connectivity index (χ0v) is 11.4. The largest absolute Gasteiger partial charge is 0.292 e. The molecule has 4 heteroatoms. The minimum absolute atomic E-state index is 0.0569. The second-order valence-electron chi connectivity index (χ2n) is 4.24. The molecule has 2 nitrogen and oxygen atoms in total. The van der Waals surface area contributed by atoms with Crippen molar-refractivity contribution in [2.75, 3.05) is 0 Å². The van der Waals surface area contributed by atoms with Crippen molar-refractivity contribution < 1.29 is 4.79 Å². The van der Waals surface area contributed by atoms with E-state index in [-0.39, 0.29) is 5.78 Å². The van der Waals surface area contributed by atoms with Gasteiger partial charge in [-0.1, -0.05) is 37.6 Å². The topological polar surface area (TPSA) is 29.4 Å². The van der Waals surface area contributed by atoms with Gasteiger partial charge < -0.3 is 0 Å². The molecule has 1 unspecified atom stereocenters. The molecule has 0 heterocycles. The molecule has 0 fully saturated rings. The molecule has 0 saturated heterocycles. The van der Waals surface area contributed by atoms with Gasteiger partial charge in [0.15, 0.2) is 5.78 Å². The van der Waals surface area contributed by atoms with Gasteiger partial charge in [0, 0.05) is 10.6 Å². The van der Waals surface area contributed by atoms with Crippen LogP contribution in [0.5, 0.6) is 0 Å². The summed E-state index contributed by atoms with van der Waals surface area (Å²) in [5.41, 5.74) is 0.567. The lowest BCUT2D eigenvalue weighted by atomic mass is 9.96. The number of halogens is 1. The van der Waals surface area contributed by atoms with Crippen LogP contribution in [0.25, 0.3) is 0 Å². The molecule has 0 N–H and O–H groups in total. The third-order valence-corrected chi connectivity index (χ3v) is 2.66. The van der Waals surface area contributed by atoms with E-state index in [4.69, 9.17) is 11.6 Å². The quantitative estimate of drug-likeness (QED) is 0.458. The Kier molecular flexibility index (Phi) is 5.49. The highest BCUT2D eigenvalue weighted by atomic mass is 35.5. The van der Waals surface area contributed by atoms with Gasteiger partial charge in [0.25, 0.3) is 0 Å². The summed E-state index contributed by atoms with van der Waals surface area (Å²) < 4.78 is 0. The average Bonchev–Trinajstić information content (AvgIpc) is 2.27. The summed E-state index contributed by atoms with van der Waals surface area (Å²) >= 11 is 10.4. The van der Waals surface area contributed by atoms with Crippen molar-refractivity contribution in [1.82, 2.24) is 0 Å². The summed E-state index contributed by atoms with van der Waals surface area (Å²) in [4.78, 5) is 16.1. The molecule has 0 radical (unpaired) electrons. The number of aliphatic imine (C=N–C) groups is 1. The number of ketones is 1. The number of nitrogens with zero attached hydrogens (tertiary/aromatic N) is 1. The molecule has 17 heavy (non-hydrogen) atoms. The van der Waals surface area contributed by atoms with Crippen LogP contribution in [-0.4, -0.2) is 17.0 Å². The highest BCUT2D eigenvalue weighted by Crippen LogP contribution is 2.17. The number of rotatable bonds is 5. The molecule has 0 spiro atoms. The zero-order chi connectivity index (χ0) is 12.8. The number of thiocarbonyl (C=S) groups is 1. The number of carbonyl (C=O) groups is 1. The second-order valence-corrected chi connectivity index (χ2v) is 4.86. The zero-order valence-electron chi connectivity index (χ0n) is 9.81. The van der Waals surface area contributed by atoms with Crippen LogP contribution >= 0.6 is 23.8 Å². The monoisotopic (exact) mass is 267 g/mol. The fourth-order valence-corrected chi connectivity index (χ4v) is 1.88. The Balaban J connectivity index is 2.95. The summed E-state index contributed by atoms with van der Waals surface area (Å²) in [7, 11) is 0. The predicted molar refractivity (Wildman–Crippen MR) is 74.1 cm³/mol. The van der Waals surface area contributed by atoms with Gasteiger partial charge in [-0.3, -0.25) is 4.79 Å². The molecular formula is C13H14ClNOS. The molecule has 0 amide bonds. The van der Waals surface area contributed by atoms with Crippen molar-refractivity contribution in [3.05, 3.63) is 34.9 Å². The molecule has 90 valence electrons. The maximum absolute atomic E-state index is 12.2. The smallest absolute Gasteiger partial charge is 0.188 e. The summed E-state index contributed by atoms with van der Waals surface area (Å²) in [6, 6.07) is 6.42. The van der Waals surface area contributed by atoms with Crippen LogP contribution in [0.3, 0.4) is 0 Å². The fourth-order valence-electron chi connectivity index (χ4n) is 1.56. The SMILES string of the molecule is CC(C)CC(N=C=S)C(=O)c1cccc(Cl)c1. The third kappa shape index (κ3) is 4.39. The van der Waals surface area contributed by atoms with Gasteiger partial charge in [-0.05, 0) is 36.7 Å². The minimum atomic E-state index is -0.453. The molecule has 0 aliphatic heterocycles. The Hall–Kier alpha value is -1.02. The van der Waals surface area contributed by atoms with Gasteiger partial charge in [-0.15, -0.1) is 0 Å². The lowest BCUT2D eigenvalue weighted by molar-refractivity contribution is 0.0952. The molecule has 0 aromatic heterocycles. The van der Waals surface area contributed by atoms with Crippen LogP contribution in [0.4, 0.5) is 0 Å². The summed E-state index contributed by atoms with van der Waals surface area (Å²) in [6.07, 6.45) is 0.662. The van der Waals surface area contributed by atoms with Crippen molar-refractivity contribution in [1.29, 1.82) is 0 Å². The van der Waals surface area contributed by atoms with Gasteiger partial charge in [0.1, 0.15) is 6.04 Å². The number of Topliss-reactive ketones (excluding diaryl/α,β-unsaturated/α-hetero) is 1. The van der Waals surface area contributed by atoms with Crippen molar-refractivity contribution in [2.24, 2.45) is 10.9 Å². The summed E-state index contributed by atoms with van der Waals surface area (Å²) in [5, 5.41) is 2.84. The molecule has 1 aromatic carbocycles. The molecular weight excluding hydrogens is 254 g/mol. The summed E-state index contributed by atoms with van der Waals surface area (Å²) in [6.45, 7) is 4.08. The number of hydrogen-bond donors (Lipinski definition) is 0. The first-order valence-electron chi connectivity index (χ1n) is 5.41. The van der Waals surface area contributed by atoms with Crippen LogP contribution in [0.1, 0.15) is 30.6 Å². The van der Waals surface area contributed by atoms with E-state index >= 15 is 0 Å². The van der Waals surface area contributed by atoms with Crippen molar-refractivity contribution in [3.63, 3.8) is 0 Å². The van der Waals surface area contributed by atoms with E-state index in [1.54, 1.807) is 24.3 Å². The Morgan fingerprint density at radius 2 is 2.24 bits per heavy atom. The first-order valence-corrected chi connectivity index (χ1v) is 6.20. The average molecular weight is 268 g/mol. The van der Waals surface area contributed by atoms with Gasteiger partial charge >= 0.3 is 0 Å². The number of benzene rings is 1. The Bertz CT molecular complexity index is 452. The van der Waals surface area contributed by atoms with Gasteiger partial charge in [-0.2, -0.15) is 0 Å². The van der Waals surface area contributed by atoms with E-state index in [9.17, 15) is 4.79 Å². The van der Waals surface area contributed by atoms with E-state index in [1.807, 2.05) is 13.8 Å². The molecule has 1 rings (SSSR count). The van der Waals surface area contributed by atoms with Gasteiger partial charge in [0.2, 0.25) is 0 Å².